The first-order valence-electron chi connectivity index (χ1n) is 6.06. The van der Waals surface area contributed by atoms with Crippen molar-refractivity contribution >= 4 is 0 Å². The predicted octanol–water partition coefficient (Wildman–Crippen LogP) is 1.72. The average Bonchev–Trinajstić information content (AvgIpc) is 2.24. The van der Waals surface area contributed by atoms with Crippen LogP contribution in [0.4, 0.5) is 0 Å². The molecular weight excluding hydrogens is 188 g/mol. The third kappa shape index (κ3) is 4.49. The number of nitrogens with two attached hydrogens (primary N) is 1. The molecule has 0 amide bonds. The summed E-state index contributed by atoms with van der Waals surface area (Å²) in [6.07, 6.45) is 1.17. The van der Waals surface area contributed by atoms with Crippen molar-refractivity contribution in [2.75, 3.05) is 26.8 Å². The maximum absolute atomic E-state index is 5.88. The van der Waals surface area contributed by atoms with E-state index in [2.05, 4.69) is 32.6 Å². The molecule has 0 aliphatic heterocycles. The van der Waals surface area contributed by atoms with Crippen LogP contribution in [0, 0.1) is 5.92 Å². The van der Waals surface area contributed by atoms with Gasteiger partial charge in [-0.05, 0) is 25.8 Å². The van der Waals surface area contributed by atoms with Crippen molar-refractivity contribution in [3.63, 3.8) is 0 Å². The van der Waals surface area contributed by atoms with E-state index in [1.54, 1.807) is 7.11 Å². The fraction of sp³-hybridized carbons (Fsp3) is 1.00. The van der Waals surface area contributed by atoms with E-state index in [4.69, 9.17) is 10.5 Å². The Balaban J connectivity index is 4.44. The highest BCUT2D eigenvalue weighted by molar-refractivity contribution is 4.80. The minimum atomic E-state index is 0.435. The minimum Gasteiger partial charge on any atom is -0.384 e. The Morgan fingerprint density at radius 3 is 2.20 bits per heavy atom. The number of hydrogen-bond donors (Lipinski definition) is 1. The molecule has 0 saturated heterocycles. The van der Waals surface area contributed by atoms with E-state index in [1.165, 1.54) is 6.42 Å². The quantitative estimate of drug-likeness (QED) is 0.671. The summed E-state index contributed by atoms with van der Waals surface area (Å²) < 4.78 is 5.21. The van der Waals surface area contributed by atoms with Gasteiger partial charge in [0.15, 0.2) is 0 Å². The van der Waals surface area contributed by atoms with E-state index in [9.17, 15) is 0 Å². The smallest absolute Gasteiger partial charge is 0.0503 e. The fourth-order valence-electron chi connectivity index (χ4n) is 2.18. The Morgan fingerprint density at radius 1 is 1.27 bits per heavy atom. The van der Waals surface area contributed by atoms with E-state index >= 15 is 0 Å². The molecule has 0 aliphatic carbocycles. The van der Waals surface area contributed by atoms with Gasteiger partial charge in [-0.1, -0.05) is 20.8 Å². The lowest BCUT2D eigenvalue weighted by atomic mass is 9.99. The lowest BCUT2D eigenvalue weighted by molar-refractivity contribution is 0.0652. The molecule has 0 aliphatic rings. The zero-order chi connectivity index (χ0) is 11.8. The van der Waals surface area contributed by atoms with Crippen LogP contribution in [0.25, 0.3) is 0 Å². The molecule has 3 atom stereocenters. The first-order chi connectivity index (χ1) is 7.12. The summed E-state index contributed by atoms with van der Waals surface area (Å²) >= 11 is 0. The molecule has 0 saturated carbocycles. The van der Waals surface area contributed by atoms with Crippen molar-refractivity contribution < 1.29 is 4.74 Å². The minimum absolute atomic E-state index is 0.435. The molecule has 0 spiro atoms. The second kappa shape index (κ2) is 8.08. The van der Waals surface area contributed by atoms with Gasteiger partial charge in [0, 0.05) is 25.7 Å². The van der Waals surface area contributed by atoms with E-state index in [1.807, 2.05) is 0 Å². The Morgan fingerprint density at radius 2 is 1.87 bits per heavy atom. The largest absolute Gasteiger partial charge is 0.384 e. The molecule has 0 aromatic heterocycles. The third-order valence-electron chi connectivity index (χ3n) is 3.28. The fourth-order valence-corrected chi connectivity index (χ4v) is 2.18. The van der Waals surface area contributed by atoms with Crippen LogP contribution in [0.1, 0.15) is 34.1 Å². The Labute approximate surface area is 95.0 Å². The molecular formula is C12H28N2O. The van der Waals surface area contributed by atoms with Gasteiger partial charge in [0.05, 0.1) is 6.61 Å². The van der Waals surface area contributed by atoms with Crippen molar-refractivity contribution in [1.82, 2.24) is 4.90 Å². The molecule has 0 radical (unpaired) electrons. The summed E-state index contributed by atoms with van der Waals surface area (Å²) in [6.45, 7) is 11.5. The van der Waals surface area contributed by atoms with Crippen LogP contribution in [-0.4, -0.2) is 43.8 Å². The van der Waals surface area contributed by atoms with Crippen LogP contribution < -0.4 is 5.73 Å². The lowest BCUT2D eigenvalue weighted by Crippen LogP contribution is -2.49. The van der Waals surface area contributed by atoms with Gasteiger partial charge in [-0.2, -0.15) is 0 Å². The van der Waals surface area contributed by atoms with E-state index in [0.717, 1.165) is 13.2 Å². The van der Waals surface area contributed by atoms with Crippen LogP contribution in [0.2, 0.25) is 0 Å². The first-order valence-corrected chi connectivity index (χ1v) is 6.06. The van der Waals surface area contributed by atoms with Crippen LogP contribution in [0.5, 0.6) is 0 Å². The van der Waals surface area contributed by atoms with Crippen molar-refractivity contribution in [1.29, 1.82) is 0 Å². The van der Waals surface area contributed by atoms with E-state index in [0.29, 0.717) is 24.5 Å². The molecule has 0 aromatic rings. The SMILES string of the molecule is CCC(C)N(CC)C(CN)C(C)COC. The summed E-state index contributed by atoms with van der Waals surface area (Å²) in [6, 6.07) is 1.03. The van der Waals surface area contributed by atoms with Gasteiger partial charge >= 0.3 is 0 Å². The topological polar surface area (TPSA) is 38.5 Å². The molecule has 3 unspecified atom stereocenters. The van der Waals surface area contributed by atoms with Gasteiger partial charge in [-0.3, -0.25) is 4.90 Å². The van der Waals surface area contributed by atoms with Crippen molar-refractivity contribution in [3.05, 3.63) is 0 Å². The number of rotatable bonds is 8. The summed E-state index contributed by atoms with van der Waals surface area (Å²) in [5, 5.41) is 0. The zero-order valence-electron chi connectivity index (χ0n) is 11.0. The highest BCUT2D eigenvalue weighted by atomic mass is 16.5. The molecule has 2 N–H and O–H groups in total. The summed E-state index contributed by atoms with van der Waals surface area (Å²) in [5.41, 5.74) is 5.88. The Hall–Kier alpha value is -0.120. The molecule has 0 rings (SSSR count). The van der Waals surface area contributed by atoms with E-state index < -0.39 is 0 Å². The second-order valence-electron chi connectivity index (χ2n) is 4.32. The molecule has 0 heterocycles. The number of ether oxygens (including phenoxy) is 1. The van der Waals surface area contributed by atoms with E-state index in [-0.39, 0.29) is 0 Å². The highest BCUT2D eigenvalue weighted by Crippen LogP contribution is 2.15. The van der Waals surface area contributed by atoms with Crippen LogP contribution >= 0.6 is 0 Å². The van der Waals surface area contributed by atoms with Gasteiger partial charge in [0.1, 0.15) is 0 Å². The number of nitrogens with zero attached hydrogens (tertiary/aromatic N) is 1. The van der Waals surface area contributed by atoms with Crippen molar-refractivity contribution in [2.24, 2.45) is 11.7 Å². The summed E-state index contributed by atoms with van der Waals surface area (Å²) in [4.78, 5) is 2.49. The third-order valence-corrected chi connectivity index (χ3v) is 3.28. The maximum Gasteiger partial charge on any atom is 0.0503 e. The number of hydrogen-bond acceptors (Lipinski definition) is 3. The van der Waals surface area contributed by atoms with Gasteiger partial charge in [0.25, 0.3) is 0 Å². The first kappa shape index (κ1) is 14.9. The van der Waals surface area contributed by atoms with Crippen LogP contribution in [0.15, 0.2) is 0 Å². The van der Waals surface area contributed by atoms with Crippen LogP contribution in [0.3, 0.4) is 0 Å². The molecule has 0 bridgehead atoms. The molecule has 3 nitrogen and oxygen atoms in total. The van der Waals surface area contributed by atoms with Gasteiger partial charge in [-0.15, -0.1) is 0 Å². The van der Waals surface area contributed by atoms with Gasteiger partial charge in [-0.25, -0.2) is 0 Å². The number of likely N-dealkylation sites (N-methyl/N-ethyl adjacent to an activating group) is 1. The average molecular weight is 216 g/mol. The molecule has 15 heavy (non-hydrogen) atoms. The Bertz CT molecular complexity index is 153. The number of methoxy groups -OCH3 is 1. The van der Waals surface area contributed by atoms with Gasteiger partial charge < -0.3 is 10.5 Å². The standard InChI is InChI=1S/C12H28N2O/c1-6-11(4)14(7-2)12(8-13)10(3)9-15-5/h10-12H,6-9,13H2,1-5H3. The van der Waals surface area contributed by atoms with Crippen molar-refractivity contribution in [2.45, 2.75) is 46.2 Å². The van der Waals surface area contributed by atoms with Crippen molar-refractivity contribution in [3.8, 4) is 0 Å². The normalized spacial score (nSPS) is 17.8. The highest BCUT2D eigenvalue weighted by Gasteiger charge is 2.24. The predicted molar refractivity (Wildman–Crippen MR) is 66.0 cm³/mol. The molecule has 92 valence electrons. The molecule has 0 aromatic carbocycles. The zero-order valence-corrected chi connectivity index (χ0v) is 11.0. The second-order valence-corrected chi connectivity index (χ2v) is 4.32. The van der Waals surface area contributed by atoms with Gasteiger partial charge in [0.2, 0.25) is 0 Å². The summed E-state index contributed by atoms with van der Waals surface area (Å²) in [5.74, 6) is 0.494. The maximum atomic E-state index is 5.88. The van der Waals surface area contributed by atoms with Crippen LogP contribution in [-0.2, 0) is 4.74 Å². The summed E-state index contributed by atoms with van der Waals surface area (Å²) in [7, 11) is 1.75. The molecule has 3 heteroatoms. The molecule has 0 fully saturated rings. The monoisotopic (exact) mass is 216 g/mol. The Kier molecular flexibility index (Phi) is 8.02. The lowest BCUT2D eigenvalue weighted by Gasteiger charge is -2.38.